The van der Waals surface area contributed by atoms with E-state index in [1.807, 2.05) is 24.3 Å². The first kappa shape index (κ1) is 24.1. The molecule has 4 rings (SSSR count). The first-order valence-corrected chi connectivity index (χ1v) is 10.8. The third-order valence-corrected chi connectivity index (χ3v) is 5.11. The Kier molecular flexibility index (Phi) is 7.54. The molecular formula is C24H21F4N5O2. The van der Waals surface area contributed by atoms with Crippen LogP contribution in [0.4, 0.5) is 17.6 Å². The van der Waals surface area contributed by atoms with E-state index in [9.17, 15) is 17.6 Å². The van der Waals surface area contributed by atoms with Crippen molar-refractivity contribution in [3.63, 3.8) is 0 Å². The van der Waals surface area contributed by atoms with Crippen molar-refractivity contribution < 1.29 is 26.7 Å². The summed E-state index contributed by atoms with van der Waals surface area (Å²) >= 11 is 0. The summed E-state index contributed by atoms with van der Waals surface area (Å²) in [5.74, 6) is -0.128. The van der Waals surface area contributed by atoms with Gasteiger partial charge in [0.15, 0.2) is 0 Å². The number of hydrogen-bond donors (Lipinski definition) is 0. The number of alkyl halides is 3. The van der Waals surface area contributed by atoms with Crippen LogP contribution in [0.3, 0.4) is 0 Å². The second-order valence-corrected chi connectivity index (χ2v) is 7.71. The van der Waals surface area contributed by atoms with Gasteiger partial charge in [-0.3, -0.25) is 0 Å². The van der Waals surface area contributed by atoms with E-state index in [1.54, 1.807) is 11.0 Å². The first-order chi connectivity index (χ1) is 16.9. The van der Waals surface area contributed by atoms with E-state index in [0.717, 1.165) is 37.9 Å². The molecule has 35 heavy (non-hydrogen) atoms. The van der Waals surface area contributed by atoms with Crippen LogP contribution in [0.5, 0.6) is 5.75 Å². The zero-order valence-corrected chi connectivity index (χ0v) is 18.5. The van der Waals surface area contributed by atoms with Gasteiger partial charge in [-0.05, 0) is 65.6 Å². The molecule has 0 saturated heterocycles. The lowest BCUT2D eigenvalue weighted by Gasteiger charge is -2.07. The third-order valence-electron chi connectivity index (χ3n) is 5.11. The third kappa shape index (κ3) is 6.98. The number of benzene rings is 2. The van der Waals surface area contributed by atoms with Crippen LogP contribution >= 0.6 is 0 Å². The topological polar surface area (TPSA) is 78.9 Å². The Morgan fingerprint density at radius 2 is 1.86 bits per heavy atom. The summed E-state index contributed by atoms with van der Waals surface area (Å²) in [4.78, 5) is 4.22. The molecular weight excluding hydrogens is 466 g/mol. The van der Waals surface area contributed by atoms with Crippen LogP contribution in [0.1, 0.15) is 41.1 Å². The molecule has 0 N–H and O–H groups in total. The summed E-state index contributed by atoms with van der Waals surface area (Å²) in [5, 5.41) is 11.0. The number of aromatic nitrogens is 5. The summed E-state index contributed by atoms with van der Waals surface area (Å²) in [5.41, 5.74) is 0.656. The molecule has 0 spiro atoms. The summed E-state index contributed by atoms with van der Waals surface area (Å²) < 4.78 is 64.6. The van der Waals surface area contributed by atoms with Crippen molar-refractivity contribution in [2.75, 3.05) is 0 Å². The maximum Gasteiger partial charge on any atom is 0.416 e. The molecule has 0 atom stereocenters. The molecule has 0 amide bonds. The predicted molar refractivity (Wildman–Crippen MR) is 118 cm³/mol. The number of unbranched alkanes of at least 4 members (excludes halogenated alkanes) is 1. The monoisotopic (exact) mass is 487 g/mol. The molecule has 0 bridgehead atoms. The van der Waals surface area contributed by atoms with E-state index in [-0.39, 0.29) is 18.1 Å². The molecule has 0 unspecified atom stereocenters. The van der Waals surface area contributed by atoms with Gasteiger partial charge in [0.1, 0.15) is 36.5 Å². The molecule has 182 valence electrons. The van der Waals surface area contributed by atoms with Crippen molar-refractivity contribution in [1.82, 2.24) is 25.2 Å². The van der Waals surface area contributed by atoms with Crippen molar-refractivity contribution in [3.8, 4) is 5.75 Å². The highest BCUT2D eigenvalue weighted by Crippen LogP contribution is 2.30. The average molecular weight is 487 g/mol. The smallest absolute Gasteiger partial charge is 0.416 e. The molecule has 0 aliphatic heterocycles. The Hall–Kier alpha value is -4.02. The SMILES string of the molecule is Fc1cc(C(F)(F)F)ccc1C=Cc1nc(COc2ccc(CCCCn3cnnn3)cc2)co1. The number of rotatable bonds is 10. The number of tetrazole rings is 1. The highest BCUT2D eigenvalue weighted by Gasteiger charge is 2.30. The molecule has 0 fully saturated rings. The minimum atomic E-state index is -4.60. The lowest BCUT2D eigenvalue weighted by Crippen LogP contribution is -2.05. The number of oxazole rings is 1. The van der Waals surface area contributed by atoms with Crippen molar-refractivity contribution >= 4 is 12.2 Å². The van der Waals surface area contributed by atoms with Gasteiger partial charge < -0.3 is 9.15 Å². The van der Waals surface area contributed by atoms with Crippen LogP contribution in [0, 0.1) is 5.82 Å². The zero-order valence-electron chi connectivity index (χ0n) is 18.5. The van der Waals surface area contributed by atoms with E-state index in [4.69, 9.17) is 9.15 Å². The first-order valence-electron chi connectivity index (χ1n) is 10.8. The van der Waals surface area contributed by atoms with Crippen molar-refractivity contribution in [2.45, 2.75) is 38.6 Å². The normalized spacial score (nSPS) is 11.9. The van der Waals surface area contributed by atoms with Crippen LogP contribution in [0.25, 0.3) is 12.2 Å². The van der Waals surface area contributed by atoms with E-state index in [1.165, 1.54) is 24.0 Å². The van der Waals surface area contributed by atoms with Gasteiger partial charge in [0.25, 0.3) is 0 Å². The Labute approximate surface area is 198 Å². The highest BCUT2D eigenvalue weighted by atomic mass is 19.4. The minimum absolute atomic E-state index is 0.00973. The van der Waals surface area contributed by atoms with Crippen LogP contribution < -0.4 is 4.74 Å². The van der Waals surface area contributed by atoms with Crippen molar-refractivity contribution in [3.05, 3.63) is 89.1 Å². The summed E-state index contributed by atoms with van der Waals surface area (Å²) in [6, 6.07) is 10.1. The Bertz CT molecular complexity index is 1250. The van der Waals surface area contributed by atoms with Gasteiger partial charge in [0.05, 0.1) is 5.56 Å². The number of nitrogens with zero attached hydrogens (tertiary/aromatic N) is 5. The van der Waals surface area contributed by atoms with Gasteiger partial charge in [0, 0.05) is 18.2 Å². The lowest BCUT2D eigenvalue weighted by atomic mass is 10.1. The molecule has 0 aliphatic rings. The number of hydrogen-bond acceptors (Lipinski definition) is 6. The molecule has 0 saturated carbocycles. The van der Waals surface area contributed by atoms with E-state index >= 15 is 0 Å². The maximum absolute atomic E-state index is 13.9. The number of ether oxygens (including phenoxy) is 1. The van der Waals surface area contributed by atoms with Gasteiger partial charge in [0.2, 0.25) is 5.89 Å². The minimum Gasteiger partial charge on any atom is -0.487 e. The van der Waals surface area contributed by atoms with Crippen molar-refractivity contribution in [2.24, 2.45) is 0 Å². The molecule has 0 aliphatic carbocycles. The number of aryl methyl sites for hydroxylation is 2. The standard InChI is InChI=1S/C24H21F4N5O2/c25-22-13-19(24(26,27)28)8-6-18(22)7-11-23-30-20(15-35-23)14-34-21-9-4-17(5-10-21)3-1-2-12-33-16-29-31-32-33/h4-11,13,15-16H,1-3,12,14H2. The quantitative estimate of drug-likeness (QED) is 0.214. The summed E-state index contributed by atoms with van der Waals surface area (Å²) in [7, 11) is 0. The zero-order chi connectivity index (χ0) is 24.7. The second kappa shape index (κ2) is 10.9. The Balaban J connectivity index is 1.24. The molecule has 2 heterocycles. The fraction of sp³-hybridized carbons (Fsp3) is 0.250. The van der Waals surface area contributed by atoms with E-state index < -0.39 is 17.6 Å². The van der Waals surface area contributed by atoms with Crippen molar-refractivity contribution in [1.29, 1.82) is 0 Å². The van der Waals surface area contributed by atoms with Gasteiger partial charge in [-0.1, -0.05) is 18.2 Å². The molecule has 2 aromatic heterocycles. The van der Waals surface area contributed by atoms with Gasteiger partial charge >= 0.3 is 6.18 Å². The average Bonchev–Trinajstić information content (AvgIpc) is 3.52. The molecule has 4 aromatic rings. The highest BCUT2D eigenvalue weighted by molar-refractivity contribution is 5.66. The Morgan fingerprint density at radius 1 is 1.03 bits per heavy atom. The molecule has 7 nitrogen and oxygen atoms in total. The van der Waals surface area contributed by atoms with Crippen LogP contribution in [0.2, 0.25) is 0 Å². The second-order valence-electron chi connectivity index (χ2n) is 7.71. The summed E-state index contributed by atoms with van der Waals surface area (Å²) in [6.07, 6.45) is 3.99. The maximum atomic E-state index is 13.9. The Morgan fingerprint density at radius 3 is 2.57 bits per heavy atom. The van der Waals surface area contributed by atoms with Gasteiger partial charge in [-0.15, -0.1) is 5.10 Å². The lowest BCUT2D eigenvalue weighted by molar-refractivity contribution is -0.137. The van der Waals surface area contributed by atoms with E-state index in [2.05, 4.69) is 20.5 Å². The fourth-order valence-corrected chi connectivity index (χ4v) is 3.26. The van der Waals surface area contributed by atoms with E-state index in [0.29, 0.717) is 17.5 Å². The fourth-order valence-electron chi connectivity index (χ4n) is 3.26. The molecule has 2 aromatic carbocycles. The molecule has 11 heteroatoms. The largest absolute Gasteiger partial charge is 0.487 e. The van der Waals surface area contributed by atoms with Gasteiger partial charge in [-0.25, -0.2) is 14.1 Å². The predicted octanol–water partition coefficient (Wildman–Crippen LogP) is 5.59. The van der Waals surface area contributed by atoms with Crippen LogP contribution in [-0.4, -0.2) is 25.2 Å². The number of halogens is 4. The molecule has 0 radical (unpaired) electrons. The van der Waals surface area contributed by atoms with Gasteiger partial charge in [-0.2, -0.15) is 13.2 Å². The summed E-state index contributed by atoms with van der Waals surface area (Å²) in [6.45, 7) is 0.944. The van der Waals surface area contributed by atoms with Crippen LogP contribution in [-0.2, 0) is 25.7 Å². The van der Waals surface area contributed by atoms with Crippen LogP contribution in [0.15, 0.2) is 59.5 Å².